The van der Waals surface area contributed by atoms with Gasteiger partial charge in [-0.3, -0.25) is 9.69 Å². The molecule has 6 rings (SSSR count). The lowest BCUT2D eigenvalue weighted by molar-refractivity contribution is -0.127. The molecule has 0 atom stereocenters. The number of benzene rings is 4. The van der Waals surface area contributed by atoms with E-state index in [4.69, 9.17) is 37.4 Å². The van der Waals surface area contributed by atoms with Crippen LogP contribution in [-0.2, 0) is 24.6 Å². The highest BCUT2D eigenvalue weighted by atomic mass is 35.5. The van der Waals surface area contributed by atoms with Crippen LogP contribution in [0.15, 0.2) is 109 Å². The number of hydrogen-bond acceptors (Lipinski definition) is 6. The van der Waals surface area contributed by atoms with E-state index in [0.717, 1.165) is 53.2 Å². The first-order valence-corrected chi connectivity index (χ1v) is 18.7. The second-order valence-electron chi connectivity index (χ2n) is 13.7. The molecule has 0 saturated carbocycles. The van der Waals surface area contributed by atoms with Gasteiger partial charge in [-0.05, 0) is 89.6 Å². The van der Waals surface area contributed by atoms with Gasteiger partial charge in [0, 0.05) is 55.5 Å². The van der Waals surface area contributed by atoms with Crippen LogP contribution in [0.25, 0.3) is 5.57 Å². The van der Waals surface area contributed by atoms with Crippen molar-refractivity contribution in [3.05, 3.63) is 153 Å². The molecule has 0 aliphatic carbocycles. The van der Waals surface area contributed by atoms with E-state index in [2.05, 4.69) is 60.1 Å². The van der Waals surface area contributed by atoms with Crippen LogP contribution in [0.1, 0.15) is 60.1 Å². The minimum absolute atomic E-state index is 0.000458. The summed E-state index contributed by atoms with van der Waals surface area (Å²) in [7, 11) is 0. The molecule has 0 N–H and O–H groups in total. The smallest absolute Gasteiger partial charge is 0.246 e. The summed E-state index contributed by atoms with van der Waals surface area (Å²) in [6.07, 6.45) is 3.30. The van der Waals surface area contributed by atoms with Crippen molar-refractivity contribution in [1.82, 2.24) is 14.8 Å². The summed E-state index contributed by atoms with van der Waals surface area (Å²) in [5.74, 6) is 2.88. The van der Waals surface area contributed by atoms with E-state index >= 15 is 0 Å². The summed E-state index contributed by atoms with van der Waals surface area (Å²) in [6.45, 7) is 12.9. The number of hydrogen-bond donors (Lipinski definition) is 0. The van der Waals surface area contributed by atoms with Gasteiger partial charge in [-0.2, -0.15) is 0 Å². The van der Waals surface area contributed by atoms with Gasteiger partial charge in [0.25, 0.3) is 0 Å². The predicted molar refractivity (Wildman–Crippen MR) is 213 cm³/mol. The van der Waals surface area contributed by atoms with Crippen LogP contribution in [-0.4, -0.2) is 46.9 Å². The largest absolute Gasteiger partial charge is 0.489 e. The number of halogens is 2. The second kappa shape index (κ2) is 17.8. The summed E-state index contributed by atoms with van der Waals surface area (Å²) in [5, 5.41) is 1.09. The maximum Gasteiger partial charge on any atom is 0.246 e. The molecule has 1 fully saturated rings. The van der Waals surface area contributed by atoms with Gasteiger partial charge >= 0.3 is 0 Å². The lowest BCUT2D eigenvalue weighted by Crippen LogP contribution is -2.47. The van der Waals surface area contributed by atoms with Gasteiger partial charge in [0.05, 0.1) is 11.2 Å². The zero-order valence-electron chi connectivity index (χ0n) is 30.6. The zero-order valence-corrected chi connectivity index (χ0v) is 32.2. The highest BCUT2D eigenvalue weighted by Crippen LogP contribution is 2.35. The highest BCUT2D eigenvalue weighted by molar-refractivity contribution is 6.32. The van der Waals surface area contributed by atoms with Gasteiger partial charge in [0.2, 0.25) is 11.8 Å². The molecule has 4 aromatic carbocycles. The van der Waals surface area contributed by atoms with E-state index in [1.807, 2.05) is 67.3 Å². The number of aryl methyl sites for hydroxylation is 1. The molecule has 1 saturated heterocycles. The molecule has 1 amide bonds. The molecule has 1 aliphatic heterocycles. The second-order valence-corrected chi connectivity index (χ2v) is 14.5. The molecule has 2 heterocycles. The van der Waals surface area contributed by atoms with E-state index in [1.54, 1.807) is 24.4 Å². The minimum Gasteiger partial charge on any atom is -0.489 e. The Morgan fingerprint density at radius 2 is 1.49 bits per heavy atom. The number of amides is 1. The Labute approximate surface area is 322 Å². The van der Waals surface area contributed by atoms with Crippen molar-refractivity contribution in [2.75, 3.05) is 26.2 Å². The van der Waals surface area contributed by atoms with E-state index in [-0.39, 0.29) is 5.91 Å². The molecular formula is C44H45Cl2N3O4. The Hall–Kier alpha value is -4.82. The maximum absolute atomic E-state index is 13.3. The topological polar surface area (TPSA) is 64.1 Å². The van der Waals surface area contributed by atoms with Crippen LogP contribution in [0.4, 0.5) is 0 Å². The lowest BCUT2D eigenvalue weighted by Gasteiger charge is -2.34. The fourth-order valence-corrected chi connectivity index (χ4v) is 6.58. The molecule has 53 heavy (non-hydrogen) atoms. The number of aromatic nitrogens is 1. The number of pyridine rings is 1. The van der Waals surface area contributed by atoms with E-state index in [0.29, 0.717) is 59.6 Å². The number of allylic oxidation sites excluding steroid dienone is 1. The molecule has 0 spiro atoms. The molecule has 274 valence electrons. The number of piperazine rings is 1. The quantitative estimate of drug-likeness (QED) is 0.112. The first-order valence-electron chi connectivity index (χ1n) is 17.9. The Morgan fingerprint density at radius 3 is 2.15 bits per heavy atom. The molecule has 0 bridgehead atoms. The summed E-state index contributed by atoms with van der Waals surface area (Å²) in [5.41, 5.74) is 7.12. The molecule has 7 nitrogen and oxygen atoms in total. The van der Waals surface area contributed by atoms with E-state index < -0.39 is 0 Å². The van der Waals surface area contributed by atoms with Crippen molar-refractivity contribution in [1.29, 1.82) is 0 Å². The van der Waals surface area contributed by atoms with Crippen LogP contribution >= 0.6 is 23.2 Å². The third-order valence-corrected chi connectivity index (χ3v) is 10.0. The average molecular weight is 751 g/mol. The van der Waals surface area contributed by atoms with Crippen LogP contribution in [0.2, 0.25) is 10.0 Å². The third kappa shape index (κ3) is 10.4. The number of nitrogens with zero attached hydrogens (tertiary/aromatic N) is 3. The summed E-state index contributed by atoms with van der Waals surface area (Å²) in [6, 6.07) is 31.8. The molecule has 0 radical (unpaired) electrons. The van der Waals surface area contributed by atoms with E-state index in [1.165, 1.54) is 11.1 Å². The Morgan fingerprint density at radius 1 is 0.811 bits per heavy atom. The number of rotatable bonds is 13. The first kappa shape index (κ1) is 37.9. The SMILES string of the molecule is C/C(=C/C(=O)N1CCN(Cc2ccc(COc3ccc(C(C)C)cc3)cc2)CC1)c1cc(C)c(Oc2ccc(OCc3ccccc3Cl)cn2)c(Cl)c1. The normalized spacial score (nSPS) is 13.6. The van der Waals surface area contributed by atoms with Crippen LogP contribution in [0.5, 0.6) is 23.1 Å². The third-order valence-electron chi connectivity index (χ3n) is 9.36. The van der Waals surface area contributed by atoms with Crippen molar-refractivity contribution < 1.29 is 19.0 Å². The monoisotopic (exact) mass is 749 g/mol. The van der Waals surface area contributed by atoms with Crippen LogP contribution < -0.4 is 14.2 Å². The van der Waals surface area contributed by atoms with Gasteiger partial charge in [0.15, 0.2) is 5.75 Å². The standard InChI is InChI=1S/C44H45Cl2N3O4/c1-30(2)35-13-15-38(16-14-35)51-28-34-11-9-33(10-12-34)27-48-19-21-49(22-20-48)43(50)24-31(3)37-23-32(4)44(41(46)25-37)53-42-18-17-39(26-47-42)52-29-36-7-5-6-8-40(36)45/h5-18,23-26,30H,19-22,27-29H2,1-4H3/b31-24-. The van der Waals surface area contributed by atoms with Gasteiger partial charge < -0.3 is 19.1 Å². The Bertz CT molecular complexity index is 2000. The van der Waals surface area contributed by atoms with Crippen molar-refractivity contribution in [3.8, 4) is 23.1 Å². The molecular weight excluding hydrogens is 705 g/mol. The van der Waals surface area contributed by atoms with Crippen molar-refractivity contribution in [2.24, 2.45) is 0 Å². The molecule has 5 aromatic rings. The van der Waals surface area contributed by atoms with Crippen LogP contribution in [0, 0.1) is 6.92 Å². The first-order chi connectivity index (χ1) is 25.6. The van der Waals surface area contributed by atoms with Gasteiger partial charge in [-0.15, -0.1) is 0 Å². The summed E-state index contributed by atoms with van der Waals surface area (Å²) in [4.78, 5) is 22.0. The highest BCUT2D eigenvalue weighted by Gasteiger charge is 2.21. The molecule has 9 heteroatoms. The molecule has 1 aliphatic rings. The number of carbonyl (C=O) groups excluding carboxylic acids is 1. The van der Waals surface area contributed by atoms with Gasteiger partial charge in [-0.1, -0.05) is 91.6 Å². The Balaban J connectivity index is 0.963. The minimum atomic E-state index is 0.000458. The number of carbonyl (C=O) groups is 1. The van der Waals surface area contributed by atoms with E-state index in [9.17, 15) is 4.79 Å². The van der Waals surface area contributed by atoms with Gasteiger partial charge in [-0.25, -0.2) is 4.98 Å². The molecule has 0 unspecified atom stereocenters. The molecule has 1 aromatic heterocycles. The fourth-order valence-electron chi connectivity index (χ4n) is 6.08. The summed E-state index contributed by atoms with van der Waals surface area (Å²) >= 11 is 12.9. The lowest BCUT2D eigenvalue weighted by atomic mass is 10.0. The van der Waals surface area contributed by atoms with Crippen molar-refractivity contribution in [3.63, 3.8) is 0 Å². The average Bonchev–Trinajstić information content (AvgIpc) is 3.16. The van der Waals surface area contributed by atoms with Crippen molar-refractivity contribution >= 4 is 34.7 Å². The number of ether oxygens (including phenoxy) is 3. The Kier molecular flexibility index (Phi) is 12.7. The maximum atomic E-state index is 13.3. The fraction of sp³-hybridized carbons (Fsp3) is 0.273. The van der Waals surface area contributed by atoms with Crippen LogP contribution in [0.3, 0.4) is 0 Å². The van der Waals surface area contributed by atoms with Gasteiger partial charge in [0.1, 0.15) is 24.7 Å². The summed E-state index contributed by atoms with van der Waals surface area (Å²) < 4.78 is 17.9. The zero-order chi connectivity index (χ0) is 37.3. The predicted octanol–water partition coefficient (Wildman–Crippen LogP) is 10.5. The van der Waals surface area contributed by atoms with Crippen molar-refractivity contribution in [2.45, 2.75) is 53.4 Å².